The molecule has 3 nitrogen and oxygen atoms in total. The van der Waals surface area contributed by atoms with Gasteiger partial charge in [0.15, 0.2) is 0 Å². The maximum absolute atomic E-state index is 9.83. The standard InChI is InChI=1S/C16H33NO2/c1-14(2)7-6-10-19-12-15(18)11-17-13-16(3)8-4-5-9-16/h14-15,17-18H,4-13H2,1-3H3. The summed E-state index contributed by atoms with van der Waals surface area (Å²) >= 11 is 0. The fourth-order valence-corrected chi connectivity index (χ4v) is 2.82. The van der Waals surface area contributed by atoms with E-state index in [0.29, 0.717) is 18.6 Å². The van der Waals surface area contributed by atoms with E-state index in [2.05, 4.69) is 26.1 Å². The zero-order valence-corrected chi connectivity index (χ0v) is 13.1. The Hall–Kier alpha value is -0.120. The van der Waals surface area contributed by atoms with Crippen LogP contribution in [-0.2, 0) is 4.74 Å². The Labute approximate surface area is 119 Å². The van der Waals surface area contributed by atoms with Gasteiger partial charge in [-0.05, 0) is 37.0 Å². The fourth-order valence-electron chi connectivity index (χ4n) is 2.82. The van der Waals surface area contributed by atoms with Crippen LogP contribution in [0.25, 0.3) is 0 Å². The van der Waals surface area contributed by atoms with Crippen LogP contribution in [0.5, 0.6) is 0 Å². The van der Waals surface area contributed by atoms with Crippen LogP contribution in [0.3, 0.4) is 0 Å². The topological polar surface area (TPSA) is 41.5 Å². The van der Waals surface area contributed by atoms with Gasteiger partial charge >= 0.3 is 0 Å². The van der Waals surface area contributed by atoms with Crippen molar-refractivity contribution in [2.45, 2.75) is 65.4 Å². The molecular formula is C16H33NO2. The number of nitrogens with one attached hydrogen (secondary N) is 1. The molecule has 1 aliphatic rings. The lowest BCUT2D eigenvalue weighted by molar-refractivity contribution is 0.0336. The second-order valence-electron chi connectivity index (χ2n) is 6.91. The van der Waals surface area contributed by atoms with Crippen molar-refractivity contribution in [3.63, 3.8) is 0 Å². The third kappa shape index (κ3) is 7.91. The Kier molecular flexibility index (Phi) is 7.96. The molecule has 19 heavy (non-hydrogen) atoms. The number of aliphatic hydroxyl groups is 1. The average molecular weight is 271 g/mol. The summed E-state index contributed by atoms with van der Waals surface area (Å²) in [4.78, 5) is 0. The first-order valence-corrected chi connectivity index (χ1v) is 7.98. The summed E-state index contributed by atoms with van der Waals surface area (Å²) in [5, 5.41) is 13.2. The molecule has 1 saturated carbocycles. The van der Waals surface area contributed by atoms with Crippen molar-refractivity contribution in [3.05, 3.63) is 0 Å². The summed E-state index contributed by atoms with van der Waals surface area (Å²) in [6.07, 6.45) is 7.29. The van der Waals surface area contributed by atoms with Crippen molar-refractivity contribution in [2.75, 3.05) is 26.3 Å². The monoisotopic (exact) mass is 271 g/mol. The molecule has 0 spiro atoms. The highest BCUT2D eigenvalue weighted by atomic mass is 16.5. The van der Waals surface area contributed by atoms with Gasteiger partial charge in [-0.1, -0.05) is 33.6 Å². The Morgan fingerprint density at radius 1 is 1.26 bits per heavy atom. The van der Waals surface area contributed by atoms with E-state index in [9.17, 15) is 5.11 Å². The Morgan fingerprint density at radius 2 is 1.95 bits per heavy atom. The Morgan fingerprint density at radius 3 is 2.58 bits per heavy atom. The third-order valence-electron chi connectivity index (χ3n) is 4.12. The zero-order valence-electron chi connectivity index (χ0n) is 13.1. The number of hydrogen-bond acceptors (Lipinski definition) is 3. The summed E-state index contributed by atoms with van der Waals surface area (Å²) in [7, 11) is 0. The van der Waals surface area contributed by atoms with E-state index in [1.165, 1.54) is 32.1 Å². The maximum atomic E-state index is 9.83. The molecule has 0 aromatic carbocycles. The summed E-state index contributed by atoms with van der Waals surface area (Å²) in [5.74, 6) is 0.738. The first kappa shape index (κ1) is 16.9. The largest absolute Gasteiger partial charge is 0.389 e. The molecular weight excluding hydrogens is 238 g/mol. The van der Waals surface area contributed by atoms with Crippen molar-refractivity contribution < 1.29 is 9.84 Å². The van der Waals surface area contributed by atoms with Gasteiger partial charge in [-0.15, -0.1) is 0 Å². The molecule has 1 aliphatic carbocycles. The fraction of sp³-hybridized carbons (Fsp3) is 1.00. The summed E-state index contributed by atoms with van der Waals surface area (Å²) in [5.41, 5.74) is 0.456. The van der Waals surface area contributed by atoms with Gasteiger partial charge in [0.1, 0.15) is 0 Å². The zero-order chi connectivity index (χ0) is 14.1. The lowest BCUT2D eigenvalue weighted by Crippen LogP contribution is -2.36. The maximum Gasteiger partial charge on any atom is 0.0897 e. The molecule has 0 heterocycles. The molecule has 0 aromatic rings. The highest BCUT2D eigenvalue weighted by molar-refractivity contribution is 4.82. The van der Waals surface area contributed by atoms with Gasteiger partial charge in [0.2, 0.25) is 0 Å². The quantitative estimate of drug-likeness (QED) is 0.600. The number of aliphatic hydroxyl groups excluding tert-OH is 1. The normalized spacial score (nSPS) is 20.1. The van der Waals surface area contributed by atoms with E-state index in [1.807, 2.05) is 0 Å². The smallest absolute Gasteiger partial charge is 0.0897 e. The van der Waals surface area contributed by atoms with Crippen molar-refractivity contribution in [1.29, 1.82) is 0 Å². The van der Waals surface area contributed by atoms with Crippen molar-refractivity contribution in [3.8, 4) is 0 Å². The molecule has 0 saturated heterocycles. The number of rotatable bonds is 10. The van der Waals surface area contributed by atoms with Crippen LogP contribution >= 0.6 is 0 Å². The molecule has 0 amide bonds. The van der Waals surface area contributed by atoms with Gasteiger partial charge in [0.25, 0.3) is 0 Å². The Balaban J connectivity index is 1.94. The lowest BCUT2D eigenvalue weighted by Gasteiger charge is -2.24. The molecule has 1 rings (SSSR count). The first-order valence-electron chi connectivity index (χ1n) is 7.98. The molecule has 3 heteroatoms. The summed E-state index contributed by atoms with van der Waals surface area (Å²) in [6.45, 7) is 9.71. The molecule has 1 unspecified atom stereocenters. The van der Waals surface area contributed by atoms with E-state index in [1.54, 1.807) is 0 Å². The van der Waals surface area contributed by atoms with Crippen LogP contribution in [0.2, 0.25) is 0 Å². The minimum absolute atomic E-state index is 0.371. The minimum Gasteiger partial charge on any atom is -0.389 e. The first-order chi connectivity index (χ1) is 9.02. The van der Waals surface area contributed by atoms with Gasteiger partial charge in [0.05, 0.1) is 12.7 Å². The van der Waals surface area contributed by atoms with Crippen molar-refractivity contribution in [1.82, 2.24) is 5.32 Å². The van der Waals surface area contributed by atoms with E-state index < -0.39 is 0 Å². The van der Waals surface area contributed by atoms with Crippen molar-refractivity contribution >= 4 is 0 Å². The van der Waals surface area contributed by atoms with Crippen LogP contribution in [0, 0.1) is 11.3 Å². The molecule has 114 valence electrons. The number of ether oxygens (including phenoxy) is 1. The van der Waals surface area contributed by atoms with Crippen LogP contribution in [0.4, 0.5) is 0 Å². The van der Waals surface area contributed by atoms with E-state index in [-0.39, 0.29) is 6.10 Å². The average Bonchev–Trinajstić information content (AvgIpc) is 2.75. The van der Waals surface area contributed by atoms with Crippen LogP contribution in [0.1, 0.15) is 59.3 Å². The SMILES string of the molecule is CC(C)CCCOCC(O)CNCC1(C)CCCC1. The van der Waals surface area contributed by atoms with Gasteiger partial charge in [-0.25, -0.2) is 0 Å². The van der Waals surface area contributed by atoms with Gasteiger partial charge in [0, 0.05) is 19.7 Å². The molecule has 0 bridgehead atoms. The van der Waals surface area contributed by atoms with Crippen LogP contribution < -0.4 is 5.32 Å². The van der Waals surface area contributed by atoms with E-state index in [0.717, 1.165) is 25.5 Å². The van der Waals surface area contributed by atoms with E-state index >= 15 is 0 Å². The molecule has 2 N–H and O–H groups in total. The highest BCUT2D eigenvalue weighted by Crippen LogP contribution is 2.36. The van der Waals surface area contributed by atoms with Gasteiger partial charge < -0.3 is 15.2 Å². The Bertz CT molecular complexity index is 225. The van der Waals surface area contributed by atoms with Gasteiger partial charge in [-0.3, -0.25) is 0 Å². The van der Waals surface area contributed by atoms with Gasteiger partial charge in [-0.2, -0.15) is 0 Å². The minimum atomic E-state index is -0.371. The third-order valence-corrected chi connectivity index (χ3v) is 4.12. The molecule has 1 atom stereocenters. The summed E-state index contributed by atoms with van der Waals surface area (Å²) in [6, 6.07) is 0. The predicted molar refractivity (Wildman–Crippen MR) is 80.3 cm³/mol. The second-order valence-corrected chi connectivity index (χ2v) is 6.91. The molecule has 0 aliphatic heterocycles. The van der Waals surface area contributed by atoms with Crippen LogP contribution in [0.15, 0.2) is 0 Å². The number of hydrogen-bond donors (Lipinski definition) is 2. The summed E-state index contributed by atoms with van der Waals surface area (Å²) < 4.78 is 5.50. The highest BCUT2D eigenvalue weighted by Gasteiger charge is 2.27. The molecule has 0 radical (unpaired) electrons. The lowest BCUT2D eigenvalue weighted by atomic mass is 9.89. The molecule has 0 aromatic heterocycles. The van der Waals surface area contributed by atoms with E-state index in [4.69, 9.17) is 4.74 Å². The van der Waals surface area contributed by atoms with Crippen molar-refractivity contribution in [2.24, 2.45) is 11.3 Å². The molecule has 1 fully saturated rings. The second kappa shape index (κ2) is 8.93. The predicted octanol–water partition coefficient (Wildman–Crippen LogP) is 2.97. The van der Waals surface area contributed by atoms with Crippen LogP contribution in [-0.4, -0.2) is 37.5 Å².